The van der Waals surface area contributed by atoms with Gasteiger partial charge in [-0.3, -0.25) is 0 Å². The lowest BCUT2D eigenvalue weighted by atomic mass is 9.75. The molecule has 3 rings (SSSR count). The van der Waals surface area contributed by atoms with Crippen LogP contribution in [0.2, 0.25) is 0 Å². The van der Waals surface area contributed by atoms with Crippen molar-refractivity contribution in [2.45, 2.75) is 33.1 Å². The van der Waals surface area contributed by atoms with Crippen LogP contribution in [0.5, 0.6) is 0 Å². The van der Waals surface area contributed by atoms with Crippen LogP contribution >= 0.6 is 0 Å². The molecule has 3 aromatic rings. The van der Waals surface area contributed by atoms with Crippen LogP contribution in [0.25, 0.3) is 16.6 Å². The van der Waals surface area contributed by atoms with Crippen molar-refractivity contribution in [3.63, 3.8) is 0 Å². The van der Waals surface area contributed by atoms with Gasteiger partial charge >= 0.3 is 0 Å². The van der Waals surface area contributed by atoms with E-state index < -0.39 is 0 Å². The number of fused-ring (bicyclic) bond motifs is 3. The monoisotopic (exact) mass is 252 g/mol. The standard InChI is InChI=1S/C17H20N2/c1-12(2)17(3,4)15-13-8-5-6-9-14(13)19-11-7-10-18-16(15)19/h5-12H,1-4H3. The molecule has 2 heterocycles. The lowest BCUT2D eigenvalue weighted by molar-refractivity contribution is 0.377. The summed E-state index contributed by atoms with van der Waals surface area (Å²) < 4.78 is 2.20. The first kappa shape index (κ1) is 12.2. The van der Waals surface area contributed by atoms with E-state index in [4.69, 9.17) is 0 Å². The van der Waals surface area contributed by atoms with Crippen LogP contribution in [-0.4, -0.2) is 9.38 Å². The van der Waals surface area contributed by atoms with Gasteiger partial charge in [-0.05, 0) is 23.5 Å². The van der Waals surface area contributed by atoms with Crippen molar-refractivity contribution in [2.24, 2.45) is 5.92 Å². The minimum Gasteiger partial charge on any atom is -0.301 e. The Balaban J connectivity index is 2.50. The van der Waals surface area contributed by atoms with Crippen LogP contribution in [0.3, 0.4) is 0 Å². The number of nitrogens with zero attached hydrogens (tertiary/aromatic N) is 2. The zero-order chi connectivity index (χ0) is 13.6. The summed E-state index contributed by atoms with van der Waals surface area (Å²) in [5.74, 6) is 0.559. The van der Waals surface area contributed by atoms with Gasteiger partial charge in [-0.25, -0.2) is 4.98 Å². The Labute approximate surface area is 114 Å². The van der Waals surface area contributed by atoms with Crippen molar-refractivity contribution in [3.8, 4) is 0 Å². The molecule has 0 aliphatic rings. The molecule has 0 radical (unpaired) electrons. The Morgan fingerprint density at radius 2 is 1.84 bits per heavy atom. The molecule has 1 aromatic carbocycles. The zero-order valence-electron chi connectivity index (χ0n) is 12.0. The average Bonchev–Trinajstić information content (AvgIpc) is 2.73. The van der Waals surface area contributed by atoms with Crippen molar-refractivity contribution >= 4 is 16.6 Å². The highest BCUT2D eigenvalue weighted by Crippen LogP contribution is 2.39. The van der Waals surface area contributed by atoms with Crippen molar-refractivity contribution in [3.05, 3.63) is 48.3 Å². The van der Waals surface area contributed by atoms with Crippen LogP contribution < -0.4 is 0 Å². The van der Waals surface area contributed by atoms with E-state index in [1.807, 2.05) is 12.3 Å². The Bertz CT molecular complexity index is 682. The highest BCUT2D eigenvalue weighted by molar-refractivity contribution is 5.92. The molecule has 0 bridgehead atoms. The topological polar surface area (TPSA) is 17.3 Å². The molecule has 0 atom stereocenters. The van der Waals surface area contributed by atoms with E-state index in [9.17, 15) is 0 Å². The van der Waals surface area contributed by atoms with Gasteiger partial charge in [0.2, 0.25) is 0 Å². The Morgan fingerprint density at radius 1 is 1.11 bits per heavy atom. The lowest BCUT2D eigenvalue weighted by Crippen LogP contribution is -2.24. The molecule has 0 saturated heterocycles. The van der Waals surface area contributed by atoms with Gasteiger partial charge in [-0.2, -0.15) is 0 Å². The van der Waals surface area contributed by atoms with Crippen LogP contribution in [0.4, 0.5) is 0 Å². The van der Waals surface area contributed by atoms with Crippen molar-refractivity contribution in [2.75, 3.05) is 0 Å². The van der Waals surface area contributed by atoms with Gasteiger partial charge in [0.1, 0.15) is 5.65 Å². The van der Waals surface area contributed by atoms with E-state index >= 15 is 0 Å². The predicted molar refractivity (Wildman–Crippen MR) is 80.6 cm³/mol. The summed E-state index contributed by atoms with van der Waals surface area (Å²) in [4.78, 5) is 4.63. The van der Waals surface area contributed by atoms with Crippen molar-refractivity contribution in [1.82, 2.24) is 9.38 Å². The van der Waals surface area contributed by atoms with E-state index in [1.165, 1.54) is 16.5 Å². The average molecular weight is 252 g/mol. The summed E-state index contributed by atoms with van der Waals surface area (Å²) >= 11 is 0. The molecule has 2 nitrogen and oxygen atoms in total. The number of hydrogen-bond acceptors (Lipinski definition) is 1. The molecular weight excluding hydrogens is 232 g/mol. The van der Waals surface area contributed by atoms with Crippen LogP contribution in [-0.2, 0) is 5.41 Å². The molecule has 0 fully saturated rings. The molecule has 0 aliphatic heterocycles. The third-order valence-electron chi connectivity index (χ3n) is 4.49. The molecule has 0 amide bonds. The van der Waals surface area contributed by atoms with Crippen LogP contribution in [0.1, 0.15) is 33.3 Å². The number of rotatable bonds is 2. The minimum absolute atomic E-state index is 0.0999. The number of para-hydroxylation sites is 1. The van der Waals surface area contributed by atoms with Gasteiger partial charge in [0.15, 0.2) is 0 Å². The largest absolute Gasteiger partial charge is 0.301 e. The van der Waals surface area contributed by atoms with Gasteiger partial charge < -0.3 is 4.40 Å². The first-order valence-electron chi connectivity index (χ1n) is 6.87. The second-order valence-corrected chi connectivity index (χ2v) is 6.08. The second-order valence-electron chi connectivity index (χ2n) is 6.08. The molecule has 0 N–H and O–H groups in total. The van der Waals surface area contributed by atoms with E-state index in [0.29, 0.717) is 5.92 Å². The number of hydrogen-bond donors (Lipinski definition) is 0. The summed E-state index contributed by atoms with van der Waals surface area (Å²) in [6, 6.07) is 10.6. The zero-order valence-corrected chi connectivity index (χ0v) is 12.0. The van der Waals surface area contributed by atoms with E-state index in [-0.39, 0.29) is 5.41 Å². The highest BCUT2D eigenvalue weighted by Gasteiger charge is 2.30. The Morgan fingerprint density at radius 3 is 2.58 bits per heavy atom. The molecule has 2 heteroatoms. The highest BCUT2D eigenvalue weighted by atomic mass is 15.0. The summed E-state index contributed by atoms with van der Waals surface area (Å²) in [5, 5.41) is 1.32. The minimum atomic E-state index is 0.0999. The maximum absolute atomic E-state index is 4.63. The Hall–Kier alpha value is -1.83. The van der Waals surface area contributed by atoms with Gasteiger partial charge in [-0.15, -0.1) is 0 Å². The van der Waals surface area contributed by atoms with Crippen LogP contribution in [0.15, 0.2) is 42.7 Å². The Kier molecular flexibility index (Phi) is 2.63. The first-order chi connectivity index (χ1) is 9.03. The maximum Gasteiger partial charge on any atom is 0.141 e. The number of aromatic nitrogens is 2. The second kappa shape index (κ2) is 4.09. The van der Waals surface area contributed by atoms with Gasteiger partial charge in [0.25, 0.3) is 0 Å². The summed E-state index contributed by atoms with van der Waals surface area (Å²) in [5.41, 5.74) is 3.79. The predicted octanol–water partition coefficient (Wildman–Crippen LogP) is 4.42. The third-order valence-corrected chi connectivity index (χ3v) is 4.49. The first-order valence-corrected chi connectivity index (χ1v) is 6.87. The van der Waals surface area contributed by atoms with Crippen molar-refractivity contribution in [1.29, 1.82) is 0 Å². The summed E-state index contributed by atoms with van der Waals surface area (Å²) in [6.45, 7) is 9.19. The number of benzene rings is 1. The fraction of sp³-hybridized carbons (Fsp3) is 0.353. The van der Waals surface area contributed by atoms with E-state index in [2.05, 4.69) is 67.5 Å². The van der Waals surface area contributed by atoms with E-state index in [0.717, 1.165) is 5.65 Å². The fourth-order valence-corrected chi connectivity index (χ4v) is 2.69. The van der Waals surface area contributed by atoms with Crippen molar-refractivity contribution < 1.29 is 0 Å². The molecule has 98 valence electrons. The molecular formula is C17H20N2. The fourth-order valence-electron chi connectivity index (χ4n) is 2.69. The van der Waals surface area contributed by atoms with Gasteiger partial charge in [0, 0.05) is 23.3 Å². The SMILES string of the molecule is CC(C)C(C)(C)c1c2ccccc2n2cccnc12. The maximum atomic E-state index is 4.63. The quantitative estimate of drug-likeness (QED) is 0.660. The summed E-state index contributed by atoms with van der Waals surface area (Å²) in [7, 11) is 0. The van der Waals surface area contributed by atoms with Crippen LogP contribution in [0, 0.1) is 5.92 Å². The molecule has 0 spiro atoms. The third kappa shape index (κ3) is 1.66. The molecule has 19 heavy (non-hydrogen) atoms. The molecule has 0 saturated carbocycles. The smallest absolute Gasteiger partial charge is 0.141 e. The lowest BCUT2D eigenvalue weighted by Gasteiger charge is -2.29. The summed E-state index contributed by atoms with van der Waals surface area (Å²) in [6.07, 6.45) is 3.98. The van der Waals surface area contributed by atoms with Gasteiger partial charge in [0.05, 0.1) is 5.52 Å². The van der Waals surface area contributed by atoms with E-state index in [1.54, 1.807) is 0 Å². The molecule has 0 unspecified atom stereocenters. The molecule has 0 aliphatic carbocycles. The molecule has 2 aromatic heterocycles. The normalized spacial score (nSPS) is 12.7. The van der Waals surface area contributed by atoms with Gasteiger partial charge in [-0.1, -0.05) is 45.9 Å².